The molecule has 0 aromatic rings. The molecule has 0 N–H and O–H groups in total. The van der Waals surface area contributed by atoms with E-state index < -0.39 is 0 Å². The Hall–Kier alpha value is -1.05. The molecule has 0 saturated carbocycles. The van der Waals surface area contributed by atoms with Crippen LogP contribution in [0.5, 0.6) is 0 Å². The first-order valence-electron chi connectivity index (χ1n) is 18.3. The van der Waals surface area contributed by atoms with Crippen LogP contribution in [-0.2, 0) is 9.53 Å². The van der Waals surface area contributed by atoms with Crippen LogP contribution in [0.3, 0.4) is 0 Å². The molecule has 0 aliphatic rings. The summed E-state index contributed by atoms with van der Waals surface area (Å²) in [6, 6.07) is 0. The number of allylic oxidation sites excluding steroid dienone is 3. The molecular formula is C38H72O2. The summed E-state index contributed by atoms with van der Waals surface area (Å²) in [6.45, 7) is 4.56. The molecule has 2 heteroatoms. The van der Waals surface area contributed by atoms with Gasteiger partial charge in [0, 0.05) is 6.42 Å². The Balaban J connectivity index is 3.23. The molecule has 0 rings (SSSR count). The van der Waals surface area contributed by atoms with Crippen molar-refractivity contribution >= 4 is 5.97 Å². The summed E-state index contributed by atoms with van der Waals surface area (Å²) in [5, 5.41) is 0. The Morgan fingerprint density at radius 1 is 0.400 bits per heavy atom. The van der Waals surface area contributed by atoms with Crippen LogP contribution < -0.4 is 0 Å². The molecule has 0 aromatic heterocycles. The number of hydrogen-bond acceptors (Lipinski definition) is 2. The van der Waals surface area contributed by atoms with Gasteiger partial charge in [0.15, 0.2) is 0 Å². The van der Waals surface area contributed by atoms with E-state index in [1.54, 1.807) is 6.26 Å². The smallest absolute Gasteiger partial charge is 0.310 e. The molecule has 0 atom stereocenters. The molecule has 0 spiro atoms. The normalized spacial score (nSPS) is 11.8. The predicted octanol–water partition coefficient (Wildman–Crippen LogP) is 13.7. The molecule has 0 saturated heterocycles. The number of unbranched alkanes of at least 4 members (excludes halogenated alkanes) is 27. The van der Waals surface area contributed by atoms with Gasteiger partial charge >= 0.3 is 5.97 Å². The van der Waals surface area contributed by atoms with Gasteiger partial charge in [0.1, 0.15) is 0 Å². The third kappa shape index (κ3) is 35.0. The van der Waals surface area contributed by atoms with Crippen LogP contribution in [0.15, 0.2) is 24.5 Å². The zero-order chi connectivity index (χ0) is 29.0. The lowest BCUT2D eigenvalue weighted by molar-refractivity contribution is -0.138. The fraction of sp³-hybridized carbons (Fsp3) is 0.868. The van der Waals surface area contributed by atoms with Crippen molar-refractivity contribution in [2.75, 3.05) is 0 Å². The largest absolute Gasteiger partial charge is 0.435 e. The Morgan fingerprint density at radius 2 is 0.700 bits per heavy atom. The Kier molecular flexibility index (Phi) is 35.0. The van der Waals surface area contributed by atoms with Gasteiger partial charge in [0.25, 0.3) is 0 Å². The van der Waals surface area contributed by atoms with E-state index in [0.717, 1.165) is 19.3 Å². The fourth-order valence-electron chi connectivity index (χ4n) is 5.40. The minimum atomic E-state index is -0.0694. The van der Waals surface area contributed by atoms with Crippen LogP contribution in [0.2, 0.25) is 0 Å². The van der Waals surface area contributed by atoms with E-state index in [-0.39, 0.29) is 5.97 Å². The summed E-state index contributed by atoms with van der Waals surface area (Å²) in [5.41, 5.74) is 0. The van der Waals surface area contributed by atoms with E-state index in [1.165, 1.54) is 173 Å². The summed E-state index contributed by atoms with van der Waals surface area (Å²) >= 11 is 0. The molecule has 0 aliphatic heterocycles. The monoisotopic (exact) mass is 561 g/mol. The number of carbonyl (C=O) groups is 1. The van der Waals surface area contributed by atoms with Crippen molar-refractivity contribution in [1.29, 1.82) is 0 Å². The first kappa shape index (κ1) is 39.0. The maximum absolute atomic E-state index is 11.9. The highest BCUT2D eigenvalue weighted by atomic mass is 16.5. The maximum Gasteiger partial charge on any atom is 0.310 e. The first-order chi connectivity index (χ1) is 19.8. The van der Waals surface area contributed by atoms with E-state index in [2.05, 4.69) is 26.0 Å². The average Bonchev–Trinajstić information content (AvgIpc) is 2.96. The number of hydrogen-bond donors (Lipinski definition) is 0. The molecule has 0 amide bonds. The lowest BCUT2D eigenvalue weighted by Crippen LogP contribution is -1.98. The van der Waals surface area contributed by atoms with E-state index in [0.29, 0.717) is 6.42 Å². The van der Waals surface area contributed by atoms with E-state index >= 15 is 0 Å². The molecule has 0 unspecified atom stereocenters. The zero-order valence-corrected chi connectivity index (χ0v) is 27.5. The van der Waals surface area contributed by atoms with E-state index in [9.17, 15) is 4.79 Å². The molecule has 0 aliphatic carbocycles. The molecule has 40 heavy (non-hydrogen) atoms. The second-order valence-corrected chi connectivity index (χ2v) is 12.3. The second-order valence-electron chi connectivity index (χ2n) is 12.3. The highest BCUT2D eigenvalue weighted by Gasteiger charge is 2.00. The van der Waals surface area contributed by atoms with Gasteiger partial charge in [-0.3, -0.25) is 4.79 Å². The number of esters is 1. The standard InChI is InChI=1S/C38H72O2/c1-3-5-7-9-11-13-15-17-18-19-20-21-22-23-25-27-29-31-33-35-37-40-38(39)36-34-32-30-28-26-24-16-14-12-10-8-6-4-2/h14,16,35,37H,3-13,15,17-34,36H2,1-2H3/b16-14-,37-35?. The Bertz CT molecular complexity index is 536. The molecule has 0 bridgehead atoms. The summed E-state index contributed by atoms with van der Waals surface area (Å²) in [7, 11) is 0. The van der Waals surface area contributed by atoms with E-state index in [1.807, 2.05) is 6.08 Å². The second kappa shape index (κ2) is 36.0. The first-order valence-corrected chi connectivity index (χ1v) is 18.3. The third-order valence-corrected chi connectivity index (χ3v) is 8.16. The molecule has 0 fully saturated rings. The van der Waals surface area contributed by atoms with Gasteiger partial charge < -0.3 is 4.74 Å². The third-order valence-electron chi connectivity index (χ3n) is 8.16. The van der Waals surface area contributed by atoms with Crippen molar-refractivity contribution in [3.8, 4) is 0 Å². The fourth-order valence-corrected chi connectivity index (χ4v) is 5.40. The SMILES string of the molecule is CCCCCC/C=C\CCCCCCCC(=O)OC=CCCCCCCCCCCCCCCCCCCCC. The van der Waals surface area contributed by atoms with Gasteiger partial charge in [-0.15, -0.1) is 0 Å². The lowest BCUT2D eigenvalue weighted by atomic mass is 10.0. The van der Waals surface area contributed by atoms with Crippen molar-refractivity contribution < 1.29 is 9.53 Å². The van der Waals surface area contributed by atoms with Crippen LogP contribution in [0.4, 0.5) is 0 Å². The highest BCUT2D eigenvalue weighted by molar-refractivity contribution is 5.69. The molecular weight excluding hydrogens is 488 g/mol. The number of rotatable bonds is 33. The van der Waals surface area contributed by atoms with Crippen LogP contribution in [0, 0.1) is 0 Å². The highest BCUT2D eigenvalue weighted by Crippen LogP contribution is 2.15. The maximum atomic E-state index is 11.9. The average molecular weight is 561 g/mol. The zero-order valence-electron chi connectivity index (χ0n) is 27.5. The van der Waals surface area contributed by atoms with Gasteiger partial charge in [0.2, 0.25) is 0 Å². The van der Waals surface area contributed by atoms with Gasteiger partial charge in [-0.2, -0.15) is 0 Å². The van der Waals surface area contributed by atoms with Crippen molar-refractivity contribution in [3.63, 3.8) is 0 Å². The van der Waals surface area contributed by atoms with Crippen molar-refractivity contribution in [1.82, 2.24) is 0 Å². The van der Waals surface area contributed by atoms with E-state index in [4.69, 9.17) is 4.74 Å². The summed E-state index contributed by atoms with van der Waals surface area (Å²) in [4.78, 5) is 11.9. The van der Waals surface area contributed by atoms with Crippen molar-refractivity contribution in [2.24, 2.45) is 0 Å². The minimum absolute atomic E-state index is 0.0694. The van der Waals surface area contributed by atoms with Gasteiger partial charge in [-0.05, 0) is 51.0 Å². The minimum Gasteiger partial charge on any atom is -0.435 e. The topological polar surface area (TPSA) is 26.3 Å². The molecule has 0 radical (unpaired) electrons. The van der Waals surface area contributed by atoms with Crippen LogP contribution in [0.25, 0.3) is 0 Å². The summed E-state index contributed by atoms with van der Waals surface area (Å²) < 4.78 is 5.26. The van der Waals surface area contributed by atoms with Crippen molar-refractivity contribution in [2.45, 2.75) is 213 Å². The summed E-state index contributed by atoms with van der Waals surface area (Å²) in [6.07, 6.45) is 49.1. The number of ether oxygens (including phenoxy) is 1. The quantitative estimate of drug-likeness (QED) is 0.0345. The molecule has 0 heterocycles. The van der Waals surface area contributed by atoms with Crippen LogP contribution in [0.1, 0.15) is 213 Å². The molecule has 0 aromatic carbocycles. The van der Waals surface area contributed by atoms with Gasteiger partial charge in [-0.25, -0.2) is 0 Å². The van der Waals surface area contributed by atoms with Gasteiger partial charge in [-0.1, -0.05) is 174 Å². The van der Waals surface area contributed by atoms with Crippen molar-refractivity contribution in [3.05, 3.63) is 24.5 Å². The lowest BCUT2D eigenvalue weighted by Gasteiger charge is -2.03. The van der Waals surface area contributed by atoms with Gasteiger partial charge in [0.05, 0.1) is 6.26 Å². The summed E-state index contributed by atoms with van der Waals surface area (Å²) in [5.74, 6) is -0.0694. The van der Waals surface area contributed by atoms with Crippen LogP contribution in [-0.4, -0.2) is 5.97 Å². The Morgan fingerprint density at radius 3 is 1.10 bits per heavy atom. The molecule has 236 valence electrons. The van der Waals surface area contributed by atoms with Crippen LogP contribution >= 0.6 is 0 Å². The predicted molar refractivity (Wildman–Crippen MR) is 179 cm³/mol. The Labute approximate surface area is 252 Å². The molecule has 2 nitrogen and oxygen atoms in total. The number of carbonyl (C=O) groups excluding carboxylic acids is 1.